The molecule has 1 radical (unpaired) electrons. The molecule has 0 saturated carbocycles. The monoisotopic (exact) mass is 225 g/mol. The molecule has 0 heterocycles. The number of hydrogen-bond donors (Lipinski definition) is 0. The Kier molecular flexibility index (Phi) is 3.57. The van der Waals surface area contributed by atoms with E-state index in [-0.39, 0.29) is 0 Å². The van der Waals surface area contributed by atoms with Gasteiger partial charge in [0.05, 0.1) is 0 Å². The van der Waals surface area contributed by atoms with Crippen LogP contribution in [0, 0.1) is 6.92 Å². The lowest BCUT2D eigenvalue weighted by Crippen LogP contribution is -2.06. The Labute approximate surface area is 101 Å². The van der Waals surface area contributed by atoms with Gasteiger partial charge in [-0.1, -0.05) is 67.6 Å². The molecule has 1 unspecified atom stereocenters. The highest BCUT2D eigenvalue weighted by molar-refractivity contribution is 6.13. The second kappa shape index (κ2) is 5.13. The molecule has 0 aliphatic carbocycles. The molecule has 0 N–H and O–H groups in total. The fourth-order valence-electron chi connectivity index (χ4n) is 2.17. The molecule has 0 amide bonds. The van der Waals surface area contributed by atoms with E-state index in [2.05, 4.69) is 67.6 Å². The van der Waals surface area contributed by atoms with E-state index in [1.165, 1.54) is 11.1 Å². The van der Waals surface area contributed by atoms with Gasteiger partial charge >= 0.3 is 0 Å². The Morgan fingerprint density at radius 1 is 0.750 bits per heavy atom. The van der Waals surface area contributed by atoms with Crippen molar-refractivity contribution in [2.45, 2.75) is 11.5 Å². The highest BCUT2D eigenvalue weighted by Gasteiger charge is 2.17. The average molecular weight is 225 g/mol. The lowest BCUT2D eigenvalue weighted by Gasteiger charge is -2.21. The first-order valence-electron chi connectivity index (χ1n) is 5.72. The van der Waals surface area contributed by atoms with Crippen LogP contribution in [0.2, 0.25) is 5.54 Å². The molecule has 1 atom stereocenters. The lowest BCUT2D eigenvalue weighted by molar-refractivity contribution is 0.824. The van der Waals surface area contributed by atoms with Crippen molar-refractivity contribution >= 4 is 10.2 Å². The zero-order chi connectivity index (χ0) is 11.4. The van der Waals surface area contributed by atoms with Crippen molar-refractivity contribution < 1.29 is 0 Å². The predicted octanol–water partition coefficient (Wildman–Crippen LogP) is 2.81. The van der Waals surface area contributed by atoms with Crippen LogP contribution < -0.4 is 0 Å². The van der Waals surface area contributed by atoms with Crippen molar-refractivity contribution in [2.24, 2.45) is 0 Å². The maximum atomic E-state index is 4.25. The van der Waals surface area contributed by atoms with Crippen molar-refractivity contribution in [1.82, 2.24) is 0 Å². The summed E-state index contributed by atoms with van der Waals surface area (Å²) in [6.45, 7) is 4.25. The molecule has 0 aromatic heterocycles. The van der Waals surface area contributed by atoms with E-state index >= 15 is 0 Å². The van der Waals surface area contributed by atoms with Gasteiger partial charge in [-0.2, -0.15) is 0 Å². The minimum atomic E-state index is 0.453. The molecule has 81 valence electrons. The highest BCUT2D eigenvalue weighted by atomic mass is 28.1. The van der Waals surface area contributed by atoms with Crippen LogP contribution in [0.15, 0.2) is 60.7 Å². The summed E-state index contributed by atoms with van der Waals surface area (Å²) in [4.78, 5) is 0. The highest BCUT2D eigenvalue weighted by Crippen LogP contribution is 2.33. The van der Waals surface area contributed by atoms with E-state index in [0.29, 0.717) is 11.5 Å². The smallest absolute Gasteiger partial charge is 0.00855 e. The van der Waals surface area contributed by atoms with Crippen LogP contribution in [-0.4, -0.2) is 10.2 Å². The van der Waals surface area contributed by atoms with Crippen LogP contribution in [0.1, 0.15) is 17.0 Å². The molecule has 0 saturated heterocycles. The fraction of sp³-hybridized carbons (Fsp3) is 0.133. The molecule has 0 nitrogen and oxygen atoms in total. The first-order valence-corrected chi connectivity index (χ1v) is 6.87. The summed E-state index contributed by atoms with van der Waals surface area (Å²) >= 11 is 0. The third-order valence-electron chi connectivity index (χ3n) is 2.89. The van der Waals surface area contributed by atoms with Crippen molar-refractivity contribution in [3.8, 4) is 0 Å². The Balaban J connectivity index is 2.40. The van der Waals surface area contributed by atoms with Crippen LogP contribution in [0.3, 0.4) is 0 Å². The van der Waals surface area contributed by atoms with Crippen LogP contribution in [0.5, 0.6) is 0 Å². The molecule has 2 aromatic rings. The maximum absolute atomic E-state index is 4.25. The van der Waals surface area contributed by atoms with Crippen molar-refractivity contribution in [2.75, 3.05) is 0 Å². The maximum Gasteiger partial charge on any atom is 0.00855 e. The second-order valence-electron chi connectivity index (χ2n) is 4.28. The van der Waals surface area contributed by atoms with Gasteiger partial charge in [0.15, 0.2) is 0 Å². The molecule has 0 bridgehead atoms. The van der Waals surface area contributed by atoms with E-state index in [1.54, 1.807) is 0 Å². The summed E-state index contributed by atoms with van der Waals surface area (Å²) in [5, 5.41) is 0. The van der Waals surface area contributed by atoms with E-state index in [4.69, 9.17) is 0 Å². The summed E-state index contributed by atoms with van der Waals surface area (Å²) in [6.07, 6.45) is 0. The minimum absolute atomic E-state index is 0.453. The van der Waals surface area contributed by atoms with Gasteiger partial charge in [0, 0.05) is 16.2 Å². The molecule has 0 aliphatic heterocycles. The normalized spacial score (nSPS) is 12.9. The van der Waals surface area contributed by atoms with Crippen LogP contribution in [-0.2, 0) is 0 Å². The predicted molar refractivity (Wildman–Crippen MR) is 73.8 cm³/mol. The Morgan fingerprint density at radius 3 is 1.44 bits per heavy atom. The summed E-state index contributed by atoms with van der Waals surface area (Å²) in [6, 6.07) is 21.4. The topological polar surface area (TPSA) is 0 Å². The van der Waals surface area contributed by atoms with Crippen molar-refractivity contribution in [3.05, 3.63) is 78.7 Å². The third kappa shape index (κ3) is 2.42. The van der Waals surface area contributed by atoms with Gasteiger partial charge in [-0.05, 0) is 16.7 Å². The summed E-state index contributed by atoms with van der Waals surface area (Å²) < 4.78 is 0. The van der Waals surface area contributed by atoms with Crippen LogP contribution in [0.4, 0.5) is 0 Å². The SMILES string of the molecule is [CH2]C([SiH3])C(c1ccccc1)c1ccccc1. The van der Waals surface area contributed by atoms with E-state index < -0.39 is 0 Å². The molecule has 0 spiro atoms. The zero-order valence-corrected chi connectivity index (χ0v) is 11.6. The summed E-state index contributed by atoms with van der Waals surface area (Å²) in [5.74, 6) is 0.453. The quantitative estimate of drug-likeness (QED) is 0.705. The molecule has 0 aliphatic rings. The molecular weight excluding hydrogens is 208 g/mol. The van der Waals surface area contributed by atoms with Crippen molar-refractivity contribution in [3.63, 3.8) is 0 Å². The zero-order valence-electron chi connectivity index (χ0n) is 9.64. The van der Waals surface area contributed by atoms with Gasteiger partial charge < -0.3 is 0 Å². The third-order valence-corrected chi connectivity index (χ3v) is 3.55. The van der Waals surface area contributed by atoms with Gasteiger partial charge in [0.2, 0.25) is 0 Å². The molecule has 1 heteroatoms. The Morgan fingerprint density at radius 2 is 1.12 bits per heavy atom. The molecule has 0 fully saturated rings. The van der Waals surface area contributed by atoms with Crippen LogP contribution >= 0.6 is 0 Å². The minimum Gasteiger partial charge on any atom is -0.0622 e. The number of rotatable bonds is 3. The lowest BCUT2D eigenvalue weighted by atomic mass is 9.89. The Bertz CT molecular complexity index is 380. The number of benzene rings is 2. The van der Waals surface area contributed by atoms with Gasteiger partial charge in [-0.25, -0.2) is 0 Å². The molecular formula is C15H17Si. The van der Waals surface area contributed by atoms with Crippen molar-refractivity contribution in [1.29, 1.82) is 0 Å². The van der Waals surface area contributed by atoms with Gasteiger partial charge in [0.1, 0.15) is 0 Å². The Hall–Kier alpha value is -1.34. The molecule has 2 rings (SSSR count). The van der Waals surface area contributed by atoms with E-state index in [0.717, 1.165) is 10.2 Å². The largest absolute Gasteiger partial charge is 0.0622 e. The van der Waals surface area contributed by atoms with E-state index in [9.17, 15) is 0 Å². The van der Waals surface area contributed by atoms with E-state index in [1.807, 2.05) is 0 Å². The summed E-state index contributed by atoms with van der Waals surface area (Å²) in [5.41, 5.74) is 3.26. The van der Waals surface area contributed by atoms with Gasteiger partial charge in [-0.15, -0.1) is 0 Å². The summed E-state index contributed by atoms with van der Waals surface area (Å²) in [7, 11) is 1.11. The van der Waals surface area contributed by atoms with Gasteiger partial charge in [0.25, 0.3) is 0 Å². The first kappa shape index (κ1) is 11.2. The fourth-order valence-corrected chi connectivity index (χ4v) is 2.94. The molecule has 16 heavy (non-hydrogen) atoms. The van der Waals surface area contributed by atoms with Gasteiger partial charge in [-0.3, -0.25) is 0 Å². The van der Waals surface area contributed by atoms with Crippen LogP contribution in [0.25, 0.3) is 0 Å². The second-order valence-corrected chi connectivity index (χ2v) is 5.76. The molecule has 2 aromatic carbocycles. The standard InChI is InChI=1S/C15H17Si/c1-12(16)15(13-8-4-2-5-9-13)14-10-6-3-7-11-14/h2-12,15H,1H2,16H3. The number of hydrogen-bond acceptors (Lipinski definition) is 0. The average Bonchev–Trinajstić information content (AvgIpc) is 2.31. The first-order chi connectivity index (χ1) is 7.79.